The van der Waals surface area contributed by atoms with E-state index in [4.69, 9.17) is 9.47 Å². The summed E-state index contributed by atoms with van der Waals surface area (Å²) in [6.07, 6.45) is 3.21. The molecule has 12 heteroatoms. The molecular weight excluding hydrogens is 443 g/mol. The minimum absolute atomic E-state index is 0.0471. The Morgan fingerprint density at radius 3 is 3.00 bits per heavy atom. The number of imidazole rings is 1. The Morgan fingerprint density at radius 1 is 1.44 bits per heavy atom. The van der Waals surface area contributed by atoms with Crippen molar-refractivity contribution in [2.24, 2.45) is 0 Å². The number of fused-ring (bicyclic) bond motifs is 1. The summed E-state index contributed by atoms with van der Waals surface area (Å²) in [6.45, 7) is 1.87. The minimum atomic E-state index is -1.54. The molecule has 4 heterocycles. The third-order valence-corrected chi connectivity index (χ3v) is 6.54. The molecule has 34 heavy (non-hydrogen) atoms. The number of hydrogen-bond donors (Lipinski definition) is 3. The number of aromatic nitrogens is 5. The number of H-pyrrole nitrogens is 1. The molecule has 1 aliphatic heterocycles. The highest BCUT2D eigenvalue weighted by Crippen LogP contribution is 2.42. The lowest BCUT2D eigenvalue weighted by Crippen LogP contribution is -2.39. The first kappa shape index (κ1) is 20.9. The summed E-state index contributed by atoms with van der Waals surface area (Å²) in [5.41, 5.74) is 2.16. The van der Waals surface area contributed by atoms with Crippen LogP contribution in [0.4, 0.5) is 21.0 Å². The maximum absolute atomic E-state index is 15.0. The highest BCUT2D eigenvalue weighted by Gasteiger charge is 2.44. The Kier molecular flexibility index (Phi) is 4.70. The molecule has 3 N–H and O–H groups in total. The first-order valence-electron chi connectivity index (χ1n) is 11.3. The molecule has 6 rings (SSSR count). The van der Waals surface area contributed by atoms with Crippen LogP contribution in [0.1, 0.15) is 61.6 Å². The first-order valence-corrected chi connectivity index (χ1v) is 11.3. The van der Waals surface area contributed by atoms with Crippen LogP contribution >= 0.6 is 0 Å². The van der Waals surface area contributed by atoms with Gasteiger partial charge < -0.3 is 20.1 Å². The fourth-order valence-corrected chi connectivity index (χ4v) is 4.15. The zero-order valence-electron chi connectivity index (χ0n) is 18.4. The van der Waals surface area contributed by atoms with E-state index in [-0.39, 0.29) is 12.1 Å². The molecule has 0 bridgehead atoms. The molecule has 0 radical (unpaired) electrons. The fourth-order valence-electron chi connectivity index (χ4n) is 4.15. The summed E-state index contributed by atoms with van der Waals surface area (Å²) < 4.78 is 27.5. The smallest absolute Gasteiger partial charge is 0.408 e. The van der Waals surface area contributed by atoms with E-state index in [9.17, 15) is 10.1 Å². The molecule has 3 aliphatic rings. The van der Waals surface area contributed by atoms with E-state index in [1.54, 1.807) is 22.9 Å². The van der Waals surface area contributed by atoms with Gasteiger partial charge in [0.05, 0.1) is 18.5 Å². The number of ether oxygens (including phenoxy) is 2. The van der Waals surface area contributed by atoms with Gasteiger partial charge in [0, 0.05) is 23.4 Å². The number of carbonyl (C=O) groups is 1. The number of nitrogens with one attached hydrogen (secondary N) is 3. The number of hydrogen-bond acceptors (Lipinski definition) is 8. The number of aromatic amines is 1. The molecule has 2 saturated carbocycles. The van der Waals surface area contributed by atoms with Crippen LogP contribution in [0, 0.1) is 11.3 Å². The van der Waals surface area contributed by atoms with Crippen LogP contribution in [0.25, 0.3) is 5.65 Å². The van der Waals surface area contributed by atoms with E-state index >= 15 is 4.39 Å². The summed E-state index contributed by atoms with van der Waals surface area (Å²) in [4.78, 5) is 20.9. The molecule has 3 aromatic rings. The zero-order chi connectivity index (χ0) is 23.4. The zero-order valence-corrected chi connectivity index (χ0v) is 18.4. The molecule has 11 nitrogen and oxygen atoms in total. The van der Waals surface area contributed by atoms with Crippen LogP contribution in [-0.4, -0.2) is 55.1 Å². The van der Waals surface area contributed by atoms with Crippen molar-refractivity contribution in [2.75, 3.05) is 11.9 Å². The standard InChI is InChI=1S/C22H23FN8O3/c1-22(4-5-22)28-21(32)34-15-10-33-18(17(15)23)14-6-16(30-29-14)27-20-25-8-13(11-2-3-11)19-26-12(7-24)9-31(19)20/h6,8-9,11,15,17-18H,2-5,10H2,1H3,(H,28,32)(H2,25,27,29,30)/t15-,17+,18-/m1/s1. The van der Waals surface area contributed by atoms with Crippen LogP contribution in [0.2, 0.25) is 0 Å². The highest BCUT2D eigenvalue weighted by molar-refractivity contribution is 5.69. The Bertz CT molecular complexity index is 1310. The number of anilines is 2. The summed E-state index contributed by atoms with van der Waals surface area (Å²) in [5, 5.41) is 22.1. The largest absolute Gasteiger partial charge is 0.441 e. The van der Waals surface area contributed by atoms with Gasteiger partial charge in [-0.2, -0.15) is 10.4 Å². The Hall–Kier alpha value is -3.72. The second-order valence-electron chi connectivity index (χ2n) is 9.40. The van der Waals surface area contributed by atoms with Gasteiger partial charge in [-0.3, -0.25) is 9.50 Å². The van der Waals surface area contributed by atoms with Gasteiger partial charge in [-0.25, -0.2) is 19.2 Å². The number of rotatable bonds is 6. The van der Waals surface area contributed by atoms with Crippen LogP contribution in [0.3, 0.4) is 0 Å². The topological polar surface area (TPSA) is 142 Å². The number of alkyl carbamates (subject to hydrolysis) is 1. The van der Waals surface area contributed by atoms with Crippen molar-refractivity contribution in [2.45, 2.75) is 62.4 Å². The lowest BCUT2D eigenvalue weighted by atomic mass is 10.1. The number of carbonyl (C=O) groups excluding carboxylic acids is 1. The van der Waals surface area contributed by atoms with Gasteiger partial charge in [-0.15, -0.1) is 0 Å². The maximum atomic E-state index is 15.0. The molecule has 176 valence electrons. The number of alkyl halides is 1. The van der Waals surface area contributed by atoms with Crippen LogP contribution in [0.15, 0.2) is 18.5 Å². The van der Waals surface area contributed by atoms with Gasteiger partial charge in [0.25, 0.3) is 0 Å². The summed E-state index contributed by atoms with van der Waals surface area (Å²) >= 11 is 0. The predicted octanol–water partition coefficient (Wildman–Crippen LogP) is 3.00. The predicted molar refractivity (Wildman–Crippen MR) is 116 cm³/mol. The van der Waals surface area contributed by atoms with E-state index in [1.807, 2.05) is 6.92 Å². The number of nitriles is 1. The van der Waals surface area contributed by atoms with E-state index in [0.29, 0.717) is 34.7 Å². The number of halogens is 1. The van der Waals surface area contributed by atoms with Crippen molar-refractivity contribution < 1.29 is 18.7 Å². The minimum Gasteiger partial charge on any atom is -0.441 e. The van der Waals surface area contributed by atoms with E-state index < -0.39 is 24.5 Å². The normalized spacial score (nSPS) is 25.1. The van der Waals surface area contributed by atoms with E-state index in [0.717, 1.165) is 31.2 Å². The lowest BCUT2D eigenvalue weighted by molar-refractivity contribution is 0.0604. The second-order valence-corrected chi connectivity index (χ2v) is 9.40. The van der Waals surface area contributed by atoms with Crippen molar-refractivity contribution in [3.63, 3.8) is 0 Å². The van der Waals surface area contributed by atoms with Crippen molar-refractivity contribution in [1.29, 1.82) is 5.26 Å². The fraction of sp³-hybridized carbons (Fsp3) is 0.500. The average Bonchev–Trinajstić information content (AvgIpc) is 3.63. The second kappa shape index (κ2) is 7.66. The molecule has 0 spiro atoms. The highest BCUT2D eigenvalue weighted by atomic mass is 19.1. The molecule has 3 fully saturated rings. The molecule has 1 amide bonds. The van der Waals surface area contributed by atoms with Gasteiger partial charge in [0.1, 0.15) is 17.8 Å². The SMILES string of the molecule is CC1(NC(=O)O[C@@H]2CO[C@H](c3cc(Nc4ncc(C5CC5)c5nc(C#N)cn45)n[nH]3)[C@H]2F)CC1. The van der Waals surface area contributed by atoms with Gasteiger partial charge in [-0.1, -0.05) is 0 Å². The molecule has 0 unspecified atom stereocenters. The van der Waals surface area contributed by atoms with Crippen LogP contribution in [-0.2, 0) is 9.47 Å². The summed E-state index contributed by atoms with van der Waals surface area (Å²) in [7, 11) is 0. The van der Waals surface area contributed by atoms with Crippen molar-refractivity contribution in [3.8, 4) is 6.07 Å². The van der Waals surface area contributed by atoms with Gasteiger partial charge in [-0.05, 0) is 38.5 Å². The molecule has 1 saturated heterocycles. The maximum Gasteiger partial charge on any atom is 0.408 e. The van der Waals surface area contributed by atoms with Crippen LogP contribution < -0.4 is 10.6 Å². The Balaban J connectivity index is 1.16. The third kappa shape index (κ3) is 3.81. The van der Waals surface area contributed by atoms with Crippen molar-refractivity contribution in [3.05, 3.63) is 35.4 Å². The molecule has 3 atom stereocenters. The monoisotopic (exact) mass is 466 g/mol. The van der Waals surface area contributed by atoms with Crippen molar-refractivity contribution in [1.82, 2.24) is 29.9 Å². The van der Waals surface area contributed by atoms with Gasteiger partial charge >= 0.3 is 6.09 Å². The molecule has 2 aliphatic carbocycles. The third-order valence-electron chi connectivity index (χ3n) is 6.54. The molecule has 0 aromatic carbocycles. The quantitative estimate of drug-likeness (QED) is 0.503. The molecule has 3 aromatic heterocycles. The summed E-state index contributed by atoms with van der Waals surface area (Å²) in [6, 6.07) is 3.69. The van der Waals surface area contributed by atoms with Crippen LogP contribution in [0.5, 0.6) is 0 Å². The summed E-state index contributed by atoms with van der Waals surface area (Å²) in [5.74, 6) is 1.25. The Morgan fingerprint density at radius 2 is 2.26 bits per heavy atom. The van der Waals surface area contributed by atoms with E-state index in [2.05, 4.69) is 36.9 Å². The van der Waals surface area contributed by atoms with Gasteiger partial charge in [0.15, 0.2) is 23.8 Å². The average molecular weight is 466 g/mol. The van der Waals surface area contributed by atoms with Gasteiger partial charge in [0.2, 0.25) is 5.95 Å². The lowest BCUT2D eigenvalue weighted by Gasteiger charge is -2.17. The van der Waals surface area contributed by atoms with E-state index in [1.165, 1.54) is 0 Å². The first-order chi connectivity index (χ1) is 16.4. The number of nitrogens with zero attached hydrogens (tertiary/aromatic N) is 5. The molecular formula is C22H23FN8O3. The van der Waals surface area contributed by atoms with Crippen molar-refractivity contribution >= 4 is 23.5 Å². The number of amides is 1. The Labute approximate surface area is 193 Å².